The predicted molar refractivity (Wildman–Crippen MR) is 64.4 cm³/mol. The molecule has 0 amide bonds. The molecule has 1 aliphatic rings. The number of rotatable bonds is 2. The van der Waals surface area contributed by atoms with Crippen LogP contribution in [0.15, 0.2) is 18.3 Å². The Labute approximate surface area is 105 Å². The van der Waals surface area contributed by atoms with Crippen molar-refractivity contribution >= 4 is 5.69 Å². The molecule has 1 saturated carbocycles. The Kier molecular flexibility index (Phi) is 3.78. The fourth-order valence-electron chi connectivity index (χ4n) is 2.42. The zero-order chi connectivity index (χ0) is 13.2. The molecule has 0 aliphatic heterocycles. The number of alkyl halides is 3. The van der Waals surface area contributed by atoms with Crippen LogP contribution in [0.4, 0.5) is 18.9 Å². The molecule has 2 nitrogen and oxygen atoms in total. The van der Waals surface area contributed by atoms with Crippen molar-refractivity contribution < 1.29 is 13.2 Å². The van der Waals surface area contributed by atoms with Crippen molar-refractivity contribution in [3.8, 4) is 0 Å². The van der Waals surface area contributed by atoms with Crippen molar-refractivity contribution in [2.24, 2.45) is 5.92 Å². The van der Waals surface area contributed by atoms with Gasteiger partial charge in [0.05, 0.1) is 17.3 Å². The van der Waals surface area contributed by atoms with Crippen molar-refractivity contribution in [3.63, 3.8) is 0 Å². The van der Waals surface area contributed by atoms with Crippen molar-refractivity contribution in [2.75, 3.05) is 5.32 Å². The Bertz CT molecular complexity index is 395. The molecule has 1 aliphatic carbocycles. The van der Waals surface area contributed by atoms with E-state index in [9.17, 15) is 13.2 Å². The third-order valence-corrected chi connectivity index (χ3v) is 3.56. The van der Waals surface area contributed by atoms with Gasteiger partial charge >= 0.3 is 6.18 Å². The Morgan fingerprint density at radius 1 is 1.22 bits per heavy atom. The summed E-state index contributed by atoms with van der Waals surface area (Å²) in [6, 6.07) is 3.88. The monoisotopic (exact) mass is 258 g/mol. The van der Waals surface area contributed by atoms with E-state index in [0.29, 0.717) is 12.8 Å². The van der Waals surface area contributed by atoms with E-state index in [1.54, 1.807) is 6.20 Å². The lowest BCUT2D eigenvalue weighted by Crippen LogP contribution is -2.33. The summed E-state index contributed by atoms with van der Waals surface area (Å²) in [7, 11) is 0. The van der Waals surface area contributed by atoms with Gasteiger partial charge < -0.3 is 5.32 Å². The summed E-state index contributed by atoms with van der Waals surface area (Å²) >= 11 is 0. The summed E-state index contributed by atoms with van der Waals surface area (Å²) in [5.74, 6) is -1.12. The number of halogens is 3. The van der Waals surface area contributed by atoms with Crippen LogP contribution in [-0.2, 0) is 0 Å². The second-order valence-electron chi connectivity index (χ2n) is 4.87. The summed E-state index contributed by atoms with van der Waals surface area (Å²) < 4.78 is 37.6. The molecule has 1 N–H and O–H groups in total. The maximum absolute atomic E-state index is 12.5. The summed E-state index contributed by atoms with van der Waals surface area (Å²) in [5.41, 5.74) is 1.81. The standard InChI is InChI=1S/C13H17F3N2/c1-9-12(3-2-8-17-9)18-11-6-4-10(5-7-11)13(14,15)16/h2-3,8,10-11,18H,4-7H2,1H3. The number of aromatic nitrogens is 1. The molecule has 1 aromatic heterocycles. The molecule has 0 atom stereocenters. The van der Waals surface area contributed by atoms with Crippen LogP contribution >= 0.6 is 0 Å². The predicted octanol–water partition coefficient (Wildman–Crippen LogP) is 3.92. The van der Waals surface area contributed by atoms with Gasteiger partial charge in [0, 0.05) is 12.2 Å². The first-order valence-corrected chi connectivity index (χ1v) is 6.21. The first-order valence-electron chi connectivity index (χ1n) is 6.21. The van der Waals surface area contributed by atoms with Crippen LogP contribution in [0.3, 0.4) is 0 Å². The van der Waals surface area contributed by atoms with Gasteiger partial charge in [0.2, 0.25) is 0 Å². The zero-order valence-electron chi connectivity index (χ0n) is 10.3. The highest BCUT2D eigenvalue weighted by atomic mass is 19.4. The molecule has 1 heterocycles. The molecule has 2 rings (SSSR count). The van der Waals surface area contributed by atoms with E-state index >= 15 is 0 Å². The average molecular weight is 258 g/mol. The van der Waals surface area contributed by atoms with E-state index in [2.05, 4.69) is 10.3 Å². The Balaban J connectivity index is 1.90. The number of nitrogens with one attached hydrogen (secondary N) is 1. The van der Waals surface area contributed by atoms with Gasteiger partial charge in [-0.3, -0.25) is 4.98 Å². The summed E-state index contributed by atoms with van der Waals surface area (Å²) in [4.78, 5) is 4.16. The quantitative estimate of drug-likeness (QED) is 0.869. The van der Waals surface area contributed by atoms with Crippen molar-refractivity contribution in [1.29, 1.82) is 0 Å². The number of hydrogen-bond acceptors (Lipinski definition) is 2. The fraction of sp³-hybridized carbons (Fsp3) is 0.615. The maximum Gasteiger partial charge on any atom is 0.391 e. The van der Waals surface area contributed by atoms with Gasteiger partial charge in [-0.15, -0.1) is 0 Å². The number of aryl methyl sites for hydroxylation is 1. The van der Waals surface area contributed by atoms with Crippen LogP contribution in [0, 0.1) is 12.8 Å². The molecular formula is C13H17F3N2. The maximum atomic E-state index is 12.5. The number of hydrogen-bond donors (Lipinski definition) is 1. The normalized spacial score (nSPS) is 24.9. The van der Waals surface area contributed by atoms with Crippen LogP contribution in [0.1, 0.15) is 31.4 Å². The summed E-state index contributed by atoms with van der Waals surface area (Å²) in [6.45, 7) is 1.89. The minimum atomic E-state index is -4.03. The number of pyridine rings is 1. The molecule has 1 fully saturated rings. The zero-order valence-corrected chi connectivity index (χ0v) is 10.3. The number of anilines is 1. The largest absolute Gasteiger partial charge is 0.391 e. The molecule has 0 radical (unpaired) electrons. The lowest BCUT2D eigenvalue weighted by molar-refractivity contribution is -0.182. The van der Waals surface area contributed by atoms with E-state index in [1.807, 2.05) is 19.1 Å². The average Bonchev–Trinajstić information content (AvgIpc) is 2.32. The van der Waals surface area contributed by atoms with Crippen LogP contribution in [-0.4, -0.2) is 17.2 Å². The Morgan fingerprint density at radius 2 is 1.89 bits per heavy atom. The van der Waals surface area contributed by atoms with Gasteiger partial charge in [0.1, 0.15) is 0 Å². The molecule has 18 heavy (non-hydrogen) atoms. The first kappa shape index (κ1) is 13.2. The SMILES string of the molecule is Cc1ncccc1NC1CCC(C(F)(F)F)CC1. The summed E-state index contributed by atoms with van der Waals surface area (Å²) in [5, 5.41) is 3.29. The Hall–Kier alpha value is -1.26. The van der Waals surface area contributed by atoms with Crippen LogP contribution in [0.2, 0.25) is 0 Å². The van der Waals surface area contributed by atoms with Gasteiger partial charge in [0.25, 0.3) is 0 Å². The van der Waals surface area contributed by atoms with Gasteiger partial charge in [-0.25, -0.2) is 0 Å². The molecular weight excluding hydrogens is 241 g/mol. The van der Waals surface area contributed by atoms with Crippen LogP contribution < -0.4 is 5.32 Å². The molecule has 5 heteroatoms. The molecule has 1 aromatic rings. The lowest BCUT2D eigenvalue weighted by atomic mass is 9.85. The summed E-state index contributed by atoms with van der Waals surface area (Å²) in [6.07, 6.45) is -0.742. The molecule has 0 aromatic carbocycles. The molecule has 0 saturated heterocycles. The lowest BCUT2D eigenvalue weighted by Gasteiger charge is -2.31. The third-order valence-electron chi connectivity index (χ3n) is 3.56. The Morgan fingerprint density at radius 3 is 2.44 bits per heavy atom. The van der Waals surface area contributed by atoms with Gasteiger partial charge in [-0.1, -0.05) is 0 Å². The second kappa shape index (κ2) is 5.16. The number of nitrogens with zero attached hydrogens (tertiary/aromatic N) is 1. The first-order chi connectivity index (χ1) is 8.47. The van der Waals surface area contributed by atoms with E-state index in [1.165, 1.54) is 0 Å². The molecule has 0 unspecified atom stereocenters. The van der Waals surface area contributed by atoms with E-state index in [-0.39, 0.29) is 18.9 Å². The fourth-order valence-corrected chi connectivity index (χ4v) is 2.42. The highest BCUT2D eigenvalue weighted by molar-refractivity contribution is 5.47. The molecule has 0 spiro atoms. The van der Waals surface area contributed by atoms with E-state index < -0.39 is 12.1 Å². The van der Waals surface area contributed by atoms with Gasteiger partial charge in [0.15, 0.2) is 0 Å². The van der Waals surface area contributed by atoms with E-state index in [0.717, 1.165) is 11.4 Å². The highest BCUT2D eigenvalue weighted by Gasteiger charge is 2.41. The third kappa shape index (κ3) is 3.15. The molecule has 0 bridgehead atoms. The minimum Gasteiger partial charge on any atom is -0.381 e. The smallest absolute Gasteiger partial charge is 0.381 e. The van der Waals surface area contributed by atoms with Crippen LogP contribution in [0.25, 0.3) is 0 Å². The second-order valence-corrected chi connectivity index (χ2v) is 4.87. The highest BCUT2D eigenvalue weighted by Crippen LogP contribution is 2.38. The van der Waals surface area contributed by atoms with Crippen molar-refractivity contribution in [3.05, 3.63) is 24.0 Å². The van der Waals surface area contributed by atoms with Gasteiger partial charge in [-0.05, 0) is 44.7 Å². The van der Waals surface area contributed by atoms with Gasteiger partial charge in [-0.2, -0.15) is 13.2 Å². The topological polar surface area (TPSA) is 24.9 Å². The molecule has 100 valence electrons. The minimum absolute atomic E-state index is 0.131. The van der Waals surface area contributed by atoms with Crippen molar-refractivity contribution in [2.45, 2.75) is 44.8 Å². The van der Waals surface area contributed by atoms with Crippen molar-refractivity contribution in [1.82, 2.24) is 4.98 Å². The van der Waals surface area contributed by atoms with E-state index in [4.69, 9.17) is 0 Å². The van der Waals surface area contributed by atoms with Crippen LogP contribution in [0.5, 0.6) is 0 Å².